The van der Waals surface area contributed by atoms with Crippen LogP contribution in [0.1, 0.15) is 33.1 Å². The molecular formula is C8H14O2S. The van der Waals surface area contributed by atoms with E-state index in [2.05, 4.69) is 12.6 Å². The maximum absolute atomic E-state index is 10.8. The van der Waals surface area contributed by atoms with Crippen molar-refractivity contribution in [1.82, 2.24) is 0 Å². The molecule has 0 bridgehead atoms. The molecule has 0 spiro atoms. The van der Waals surface area contributed by atoms with Crippen molar-refractivity contribution in [3.63, 3.8) is 0 Å². The lowest BCUT2D eigenvalue weighted by atomic mass is 10.00. The van der Waals surface area contributed by atoms with E-state index in [1.54, 1.807) is 0 Å². The van der Waals surface area contributed by atoms with Gasteiger partial charge in [-0.2, -0.15) is 0 Å². The number of hydrogen-bond donors (Lipinski definition) is 1. The summed E-state index contributed by atoms with van der Waals surface area (Å²) in [5.74, 6) is -0.545. The summed E-state index contributed by atoms with van der Waals surface area (Å²) in [4.78, 5) is 21.6. The Labute approximate surface area is 72.8 Å². The highest BCUT2D eigenvalue weighted by Gasteiger charge is 2.18. The molecular weight excluding hydrogens is 160 g/mol. The van der Waals surface area contributed by atoms with E-state index in [0.29, 0.717) is 6.42 Å². The molecule has 0 aromatic rings. The van der Waals surface area contributed by atoms with Crippen LogP contribution in [-0.4, -0.2) is 10.9 Å². The molecule has 0 aromatic heterocycles. The highest BCUT2D eigenvalue weighted by atomic mass is 32.1. The highest BCUT2D eigenvalue weighted by Crippen LogP contribution is 2.12. The van der Waals surface area contributed by atoms with Gasteiger partial charge in [0, 0.05) is 0 Å². The lowest BCUT2D eigenvalue weighted by Crippen LogP contribution is -2.17. The predicted molar refractivity (Wildman–Crippen MR) is 47.7 cm³/mol. The minimum atomic E-state index is -0.474. The van der Waals surface area contributed by atoms with Crippen LogP contribution in [0.15, 0.2) is 0 Å². The van der Waals surface area contributed by atoms with Gasteiger partial charge in [0.25, 0.3) is 0 Å². The Bertz CT molecular complexity index is 140. The normalized spacial score (nSPS) is 12.6. The van der Waals surface area contributed by atoms with Crippen LogP contribution in [0.2, 0.25) is 0 Å². The van der Waals surface area contributed by atoms with Crippen LogP contribution >= 0.6 is 12.6 Å². The predicted octanol–water partition coefficient (Wildman–Crippen LogP) is 1.84. The smallest absolute Gasteiger partial charge is 0.196 e. The quantitative estimate of drug-likeness (QED) is 0.509. The van der Waals surface area contributed by atoms with Crippen molar-refractivity contribution in [3.05, 3.63) is 0 Å². The third-order valence-electron chi connectivity index (χ3n) is 1.64. The average molecular weight is 174 g/mol. The molecule has 0 heterocycles. The first-order valence-electron chi connectivity index (χ1n) is 3.82. The molecule has 0 fully saturated rings. The molecule has 3 heteroatoms. The highest BCUT2D eigenvalue weighted by molar-refractivity contribution is 7.96. The first-order chi connectivity index (χ1) is 5.09. The van der Waals surface area contributed by atoms with Gasteiger partial charge in [0.15, 0.2) is 5.12 Å². The molecule has 0 amide bonds. The van der Waals surface area contributed by atoms with Crippen molar-refractivity contribution < 1.29 is 9.59 Å². The lowest BCUT2D eigenvalue weighted by Gasteiger charge is -2.06. The van der Waals surface area contributed by atoms with Crippen molar-refractivity contribution in [2.45, 2.75) is 33.1 Å². The van der Waals surface area contributed by atoms with Gasteiger partial charge in [-0.25, -0.2) is 0 Å². The zero-order valence-corrected chi connectivity index (χ0v) is 7.86. The zero-order chi connectivity index (χ0) is 8.85. The summed E-state index contributed by atoms with van der Waals surface area (Å²) in [5, 5.41) is -0.300. The second kappa shape index (κ2) is 5.35. The number of carbonyl (C=O) groups excluding carboxylic acids is 2. The molecule has 0 N–H and O–H groups in total. The first kappa shape index (κ1) is 10.7. The van der Waals surface area contributed by atoms with Gasteiger partial charge in [0.1, 0.15) is 5.78 Å². The van der Waals surface area contributed by atoms with Gasteiger partial charge in [0.05, 0.1) is 5.92 Å². The Kier molecular flexibility index (Phi) is 5.20. The maximum atomic E-state index is 10.8. The molecule has 0 aliphatic rings. The van der Waals surface area contributed by atoms with Crippen molar-refractivity contribution in [1.29, 1.82) is 0 Å². The van der Waals surface area contributed by atoms with Gasteiger partial charge in [-0.1, -0.05) is 19.8 Å². The molecule has 64 valence electrons. The first-order valence-corrected chi connectivity index (χ1v) is 4.27. The van der Waals surface area contributed by atoms with Gasteiger partial charge in [-0.15, -0.1) is 12.6 Å². The zero-order valence-electron chi connectivity index (χ0n) is 6.96. The molecule has 1 atom stereocenters. The van der Waals surface area contributed by atoms with Gasteiger partial charge in [0.2, 0.25) is 0 Å². The largest absolute Gasteiger partial charge is 0.299 e. The second-order valence-corrected chi connectivity index (χ2v) is 3.08. The van der Waals surface area contributed by atoms with Gasteiger partial charge < -0.3 is 0 Å². The third-order valence-corrected chi connectivity index (χ3v) is 1.95. The van der Waals surface area contributed by atoms with Crippen molar-refractivity contribution >= 4 is 23.5 Å². The SMILES string of the molecule is CCCC[C@H](C(C)=O)C(=O)S. The van der Waals surface area contributed by atoms with Gasteiger partial charge >= 0.3 is 0 Å². The number of hydrogen-bond acceptors (Lipinski definition) is 2. The molecule has 0 aromatic carbocycles. The Balaban J connectivity index is 3.90. The second-order valence-electron chi connectivity index (χ2n) is 2.64. The molecule has 0 saturated carbocycles. The van der Waals surface area contributed by atoms with Crippen LogP contribution in [0, 0.1) is 5.92 Å². The monoisotopic (exact) mass is 174 g/mol. The molecule has 0 aliphatic heterocycles. The summed E-state index contributed by atoms with van der Waals surface area (Å²) in [6.07, 6.45) is 2.57. The molecule has 2 nitrogen and oxygen atoms in total. The summed E-state index contributed by atoms with van der Waals surface area (Å²) < 4.78 is 0. The fourth-order valence-electron chi connectivity index (χ4n) is 0.909. The summed E-state index contributed by atoms with van der Waals surface area (Å²) >= 11 is 3.65. The summed E-state index contributed by atoms with van der Waals surface area (Å²) in [6.45, 7) is 3.47. The molecule has 0 aliphatic carbocycles. The van der Waals surface area contributed by atoms with Gasteiger partial charge in [-0.05, 0) is 13.3 Å². The van der Waals surface area contributed by atoms with Crippen LogP contribution in [0.5, 0.6) is 0 Å². The Morgan fingerprint density at radius 3 is 2.27 bits per heavy atom. The molecule has 0 radical (unpaired) electrons. The molecule has 11 heavy (non-hydrogen) atoms. The van der Waals surface area contributed by atoms with Crippen LogP contribution in [0.25, 0.3) is 0 Å². The van der Waals surface area contributed by atoms with Crippen LogP contribution in [-0.2, 0) is 9.59 Å². The van der Waals surface area contributed by atoms with Gasteiger partial charge in [-0.3, -0.25) is 9.59 Å². The number of unbranched alkanes of at least 4 members (excludes halogenated alkanes) is 1. The summed E-state index contributed by atoms with van der Waals surface area (Å²) in [7, 11) is 0. The van der Waals surface area contributed by atoms with E-state index in [0.717, 1.165) is 12.8 Å². The standard InChI is InChI=1S/C8H14O2S/c1-3-4-5-7(6(2)9)8(10)11/h7H,3-5H2,1-2H3,(H,10,11)/t7-/m1/s1. The van der Waals surface area contributed by atoms with E-state index in [4.69, 9.17) is 0 Å². The Hall–Kier alpha value is -0.310. The minimum absolute atomic E-state index is 0.0709. The van der Waals surface area contributed by atoms with Crippen molar-refractivity contribution in [3.8, 4) is 0 Å². The van der Waals surface area contributed by atoms with Crippen molar-refractivity contribution in [2.75, 3.05) is 0 Å². The van der Waals surface area contributed by atoms with E-state index in [1.165, 1.54) is 6.92 Å². The molecule has 0 unspecified atom stereocenters. The molecule has 0 saturated heterocycles. The minimum Gasteiger partial charge on any atom is -0.299 e. The van der Waals surface area contributed by atoms with Crippen molar-refractivity contribution in [2.24, 2.45) is 5.92 Å². The van der Waals surface area contributed by atoms with Crippen LogP contribution in [0.3, 0.4) is 0 Å². The third kappa shape index (κ3) is 4.19. The number of thiol groups is 1. The number of ketones is 1. The number of rotatable bonds is 5. The van der Waals surface area contributed by atoms with E-state index in [-0.39, 0.29) is 10.9 Å². The number of Topliss-reactive ketones (excluding diaryl/α,β-unsaturated/α-hetero) is 1. The van der Waals surface area contributed by atoms with E-state index in [1.807, 2.05) is 6.92 Å². The maximum Gasteiger partial charge on any atom is 0.196 e. The average Bonchev–Trinajstić information content (AvgIpc) is 1.87. The Morgan fingerprint density at radius 1 is 1.45 bits per heavy atom. The fourth-order valence-corrected chi connectivity index (χ4v) is 1.22. The van der Waals surface area contributed by atoms with E-state index in [9.17, 15) is 9.59 Å². The summed E-state index contributed by atoms with van der Waals surface area (Å²) in [6, 6.07) is 0. The lowest BCUT2D eigenvalue weighted by molar-refractivity contribution is -0.127. The number of carbonyl (C=O) groups is 2. The Morgan fingerprint density at radius 2 is 2.00 bits per heavy atom. The van der Waals surface area contributed by atoms with Crippen LogP contribution < -0.4 is 0 Å². The molecule has 0 rings (SSSR count). The van der Waals surface area contributed by atoms with Crippen LogP contribution in [0.4, 0.5) is 0 Å². The topological polar surface area (TPSA) is 34.1 Å². The van der Waals surface area contributed by atoms with E-state index >= 15 is 0 Å². The van der Waals surface area contributed by atoms with E-state index < -0.39 is 5.92 Å². The summed E-state index contributed by atoms with van der Waals surface area (Å²) in [5.41, 5.74) is 0. The fraction of sp³-hybridized carbons (Fsp3) is 0.750.